The van der Waals surface area contributed by atoms with Crippen LogP contribution >= 0.6 is 0 Å². The minimum Gasteiger partial charge on any atom is -0.480 e. The predicted molar refractivity (Wildman–Crippen MR) is 102 cm³/mol. The molecule has 7 heteroatoms. The van der Waals surface area contributed by atoms with E-state index in [9.17, 15) is 14.0 Å². The first-order valence-electron chi connectivity index (χ1n) is 9.51. The second-order valence-corrected chi connectivity index (χ2v) is 7.20. The zero-order chi connectivity index (χ0) is 20.0. The predicted octanol–water partition coefficient (Wildman–Crippen LogP) is 2.22. The van der Waals surface area contributed by atoms with Crippen LogP contribution in [0.4, 0.5) is 4.39 Å². The molecule has 6 nitrogen and oxygen atoms in total. The Morgan fingerprint density at radius 2 is 1.85 bits per heavy atom. The number of piperidine rings is 1. The fourth-order valence-corrected chi connectivity index (χ4v) is 3.60. The quantitative estimate of drug-likeness (QED) is 0.750. The van der Waals surface area contributed by atoms with E-state index >= 15 is 0 Å². The van der Waals surface area contributed by atoms with Gasteiger partial charge in [0.1, 0.15) is 5.82 Å². The SMILES string of the molecule is CCN(CC(=O)O)C1CCN(CC(=O)N(C)C(C)c2ccc(F)cc2)CC1. The number of carbonyl (C=O) groups excluding carboxylic acids is 1. The summed E-state index contributed by atoms with van der Waals surface area (Å²) in [6, 6.07) is 6.36. The highest BCUT2D eigenvalue weighted by Gasteiger charge is 2.27. The number of nitrogens with zero attached hydrogens (tertiary/aromatic N) is 3. The molecule has 1 heterocycles. The summed E-state index contributed by atoms with van der Waals surface area (Å²) in [5.74, 6) is -1.05. The Bertz CT molecular complexity index is 630. The smallest absolute Gasteiger partial charge is 0.317 e. The van der Waals surface area contributed by atoms with Gasteiger partial charge in [-0.2, -0.15) is 0 Å². The first kappa shape index (κ1) is 21.3. The Balaban J connectivity index is 1.84. The van der Waals surface area contributed by atoms with Crippen LogP contribution < -0.4 is 0 Å². The molecular weight excluding hydrogens is 349 g/mol. The maximum Gasteiger partial charge on any atom is 0.317 e. The number of rotatable bonds is 8. The number of aliphatic carboxylic acids is 1. The Morgan fingerprint density at radius 3 is 2.37 bits per heavy atom. The van der Waals surface area contributed by atoms with Gasteiger partial charge in [-0.05, 0) is 44.0 Å². The Hall–Kier alpha value is -1.99. The molecule has 0 aliphatic carbocycles. The number of likely N-dealkylation sites (N-methyl/N-ethyl adjacent to an activating group) is 2. The first-order valence-corrected chi connectivity index (χ1v) is 9.51. The Labute approximate surface area is 160 Å². The van der Waals surface area contributed by atoms with Crippen molar-refractivity contribution in [2.75, 3.05) is 39.8 Å². The number of benzene rings is 1. The van der Waals surface area contributed by atoms with Crippen molar-refractivity contribution in [3.05, 3.63) is 35.6 Å². The molecule has 1 aromatic carbocycles. The van der Waals surface area contributed by atoms with E-state index in [0.717, 1.165) is 31.5 Å². The third kappa shape index (κ3) is 6.01. The largest absolute Gasteiger partial charge is 0.480 e. The van der Waals surface area contributed by atoms with E-state index < -0.39 is 5.97 Å². The highest BCUT2D eigenvalue weighted by Crippen LogP contribution is 2.20. The van der Waals surface area contributed by atoms with E-state index in [2.05, 4.69) is 4.90 Å². The Kier molecular flexibility index (Phi) is 7.74. The molecule has 1 N–H and O–H groups in total. The molecule has 27 heavy (non-hydrogen) atoms. The third-order valence-electron chi connectivity index (χ3n) is 5.50. The fraction of sp³-hybridized carbons (Fsp3) is 0.600. The summed E-state index contributed by atoms with van der Waals surface area (Å²) in [5, 5.41) is 9.02. The van der Waals surface area contributed by atoms with Gasteiger partial charge < -0.3 is 10.0 Å². The summed E-state index contributed by atoms with van der Waals surface area (Å²) in [4.78, 5) is 29.4. The number of likely N-dealkylation sites (tertiary alicyclic amines) is 1. The molecule has 1 amide bonds. The third-order valence-corrected chi connectivity index (χ3v) is 5.50. The second kappa shape index (κ2) is 9.80. The topological polar surface area (TPSA) is 64.1 Å². The summed E-state index contributed by atoms with van der Waals surface area (Å²) in [7, 11) is 1.77. The van der Waals surface area contributed by atoms with Crippen molar-refractivity contribution in [3.8, 4) is 0 Å². The van der Waals surface area contributed by atoms with E-state index in [1.54, 1.807) is 24.1 Å². The van der Waals surface area contributed by atoms with Crippen LogP contribution in [-0.2, 0) is 9.59 Å². The Morgan fingerprint density at radius 1 is 1.26 bits per heavy atom. The van der Waals surface area contributed by atoms with Gasteiger partial charge in [0, 0.05) is 26.2 Å². The summed E-state index contributed by atoms with van der Waals surface area (Å²) in [6.07, 6.45) is 1.73. The zero-order valence-electron chi connectivity index (χ0n) is 16.4. The van der Waals surface area contributed by atoms with Crippen molar-refractivity contribution in [2.45, 2.75) is 38.8 Å². The molecule has 1 fully saturated rings. The molecule has 150 valence electrons. The van der Waals surface area contributed by atoms with Gasteiger partial charge in [-0.15, -0.1) is 0 Å². The highest BCUT2D eigenvalue weighted by atomic mass is 19.1. The van der Waals surface area contributed by atoms with Gasteiger partial charge in [-0.3, -0.25) is 19.4 Å². The number of hydrogen-bond donors (Lipinski definition) is 1. The van der Waals surface area contributed by atoms with E-state index in [-0.39, 0.29) is 30.4 Å². The summed E-state index contributed by atoms with van der Waals surface area (Å²) in [5.41, 5.74) is 0.901. The lowest BCUT2D eigenvalue weighted by Gasteiger charge is -2.38. The van der Waals surface area contributed by atoms with Crippen LogP contribution in [-0.4, -0.2) is 77.5 Å². The van der Waals surface area contributed by atoms with Crippen LogP contribution in [0.3, 0.4) is 0 Å². The van der Waals surface area contributed by atoms with Crippen molar-refractivity contribution >= 4 is 11.9 Å². The van der Waals surface area contributed by atoms with Crippen LogP contribution in [0, 0.1) is 5.82 Å². The molecule has 1 aliphatic rings. The van der Waals surface area contributed by atoms with E-state index in [0.29, 0.717) is 13.1 Å². The van der Waals surface area contributed by atoms with Crippen LogP contribution in [0.15, 0.2) is 24.3 Å². The van der Waals surface area contributed by atoms with Crippen LogP contribution in [0.1, 0.15) is 38.3 Å². The van der Waals surface area contributed by atoms with Crippen molar-refractivity contribution in [3.63, 3.8) is 0 Å². The minimum absolute atomic E-state index is 0.0307. The average Bonchev–Trinajstić information content (AvgIpc) is 2.66. The number of hydrogen-bond acceptors (Lipinski definition) is 4. The van der Waals surface area contributed by atoms with Crippen LogP contribution in [0.25, 0.3) is 0 Å². The maximum atomic E-state index is 13.1. The van der Waals surface area contributed by atoms with E-state index in [1.165, 1.54) is 12.1 Å². The molecule has 1 aromatic rings. The molecule has 0 spiro atoms. The molecule has 1 aliphatic heterocycles. The maximum absolute atomic E-state index is 13.1. The summed E-state index contributed by atoms with van der Waals surface area (Å²) < 4.78 is 13.1. The molecule has 0 saturated carbocycles. The normalized spacial score (nSPS) is 17.1. The van der Waals surface area contributed by atoms with Crippen molar-refractivity contribution in [1.82, 2.24) is 14.7 Å². The first-order chi connectivity index (χ1) is 12.8. The van der Waals surface area contributed by atoms with Gasteiger partial charge in [-0.25, -0.2) is 4.39 Å². The van der Waals surface area contributed by atoms with Gasteiger partial charge in [0.2, 0.25) is 5.91 Å². The molecule has 1 unspecified atom stereocenters. The molecule has 0 bridgehead atoms. The van der Waals surface area contributed by atoms with Crippen molar-refractivity contribution < 1.29 is 19.1 Å². The van der Waals surface area contributed by atoms with Gasteiger partial charge in [-0.1, -0.05) is 19.1 Å². The van der Waals surface area contributed by atoms with Gasteiger partial charge >= 0.3 is 5.97 Å². The number of carboxylic acid groups (broad SMARTS) is 1. The molecule has 0 aromatic heterocycles. The van der Waals surface area contributed by atoms with Crippen molar-refractivity contribution in [2.24, 2.45) is 0 Å². The molecule has 2 rings (SSSR count). The lowest BCUT2D eigenvalue weighted by atomic mass is 10.0. The number of amides is 1. The van der Waals surface area contributed by atoms with Crippen LogP contribution in [0.2, 0.25) is 0 Å². The molecule has 1 atom stereocenters. The minimum atomic E-state index is -0.800. The lowest BCUT2D eigenvalue weighted by Crippen LogP contribution is -2.49. The second-order valence-electron chi connectivity index (χ2n) is 7.20. The van der Waals surface area contributed by atoms with Gasteiger partial charge in [0.05, 0.1) is 19.1 Å². The monoisotopic (exact) mass is 379 g/mol. The number of carbonyl (C=O) groups is 2. The van der Waals surface area contributed by atoms with Crippen molar-refractivity contribution in [1.29, 1.82) is 0 Å². The molecule has 0 radical (unpaired) electrons. The van der Waals surface area contributed by atoms with E-state index in [1.807, 2.05) is 18.7 Å². The molecule has 1 saturated heterocycles. The zero-order valence-corrected chi connectivity index (χ0v) is 16.4. The van der Waals surface area contributed by atoms with Crippen LogP contribution in [0.5, 0.6) is 0 Å². The summed E-state index contributed by atoms with van der Waals surface area (Å²) in [6.45, 7) is 6.61. The number of halogens is 1. The standard InChI is InChI=1S/C20H30FN3O3/c1-4-24(14-20(26)27)18-9-11-23(12-10-18)13-19(25)22(3)15(2)16-5-7-17(21)8-6-16/h5-8,15,18H,4,9-14H2,1-3H3,(H,26,27). The van der Waals surface area contributed by atoms with Gasteiger partial charge in [0.25, 0.3) is 0 Å². The van der Waals surface area contributed by atoms with E-state index in [4.69, 9.17) is 5.11 Å². The number of carboxylic acids is 1. The summed E-state index contributed by atoms with van der Waals surface area (Å²) >= 11 is 0. The molecular formula is C20H30FN3O3. The fourth-order valence-electron chi connectivity index (χ4n) is 3.60. The average molecular weight is 379 g/mol. The lowest BCUT2D eigenvalue weighted by molar-refractivity contribution is -0.139. The van der Waals surface area contributed by atoms with Gasteiger partial charge in [0.15, 0.2) is 0 Å². The highest BCUT2D eigenvalue weighted by molar-refractivity contribution is 5.78.